The minimum atomic E-state index is -1.27. The normalized spacial score (nSPS) is 53.1. The fraction of sp³-hybridized carbons (Fsp3) is 0.871. The lowest BCUT2D eigenvalue weighted by molar-refractivity contribution is -0.323. The summed E-state index contributed by atoms with van der Waals surface area (Å²) in [6.45, 7) is 4.20. The summed E-state index contributed by atoms with van der Waals surface area (Å²) in [7, 11) is 3.04. The molecule has 41 heavy (non-hydrogen) atoms. The molecule has 0 aromatic carbocycles. The molecule has 2 heterocycles. The average Bonchev–Trinajstić information content (AvgIpc) is 3.49. The number of methoxy groups -OCH3 is 2. The summed E-state index contributed by atoms with van der Waals surface area (Å²) >= 11 is 0. The van der Waals surface area contributed by atoms with Gasteiger partial charge in [-0.2, -0.15) is 0 Å². The van der Waals surface area contributed by atoms with Crippen molar-refractivity contribution >= 4 is 12.3 Å². The standard InChI is InChI=1S/C31H46O10/c1-17-24(34)25(37-3)26(38-4)27(40-17)41-19-5-10-29(16-32)21-6-9-28(2)20(18-13-23(33)39-15-18)8-12-31(28,36)22(21)7-11-30(29,35)14-19/h13,16-17,19-22,24-27,34-36H,5-12,14-15H2,1-4H3/t17-,19-,20-,21+,22-,24-,25-,26+,27+,28+,29-,30+,31-/m0/s1. The molecule has 4 aliphatic carbocycles. The van der Waals surface area contributed by atoms with Crippen LogP contribution >= 0.6 is 0 Å². The van der Waals surface area contributed by atoms with Crippen molar-refractivity contribution in [1.82, 2.24) is 0 Å². The maximum Gasteiger partial charge on any atom is 0.331 e. The van der Waals surface area contributed by atoms with Gasteiger partial charge in [0.2, 0.25) is 0 Å². The number of hydrogen-bond acceptors (Lipinski definition) is 10. The van der Waals surface area contributed by atoms with E-state index in [1.807, 2.05) is 0 Å². The molecule has 0 radical (unpaired) electrons. The van der Waals surface area contributed by atoms with E-state index in [0.717, 1.165) is 31.1 Å². The van der Waals surface area contributed by atoms with Gasteiger partial charge >= 0.3 is 5.97 Å². The minimum Gasteiger partial charge on any atom is -0.458 e. The summed E-state index contributed by atoms with van der Waals surface area (Å²) in [4.78, 5) is 24.9. The maximum absolute atomic E-state index is 13.1. The van der Waals surface area contributed by atoms with Crippen LogP contribution < -0.4 is 0 Å². The van der Waals surface area contributed by atoms with Crippen molar-refractivity contribution < 1.29 is 48.6 Å². The second kappa shape index (κ2) is 10.4. The van der Waals surface area contributed by atoms with Gasteiger partial charge in [-0.25, -0.2) is 4.79 Å². The Morgan fingerprint density at radius 1 is 1.00 bits per heavy atom. The molecule has 2 aliphatic heterocycles. The second-order valence-electron chi connectivity index (χ2n) is 13.8. The van der Waals surface area contributed by atoms with Gasteiger partial charge in [0.15, 0.2) is 6.29 Å². The number of ether oxygens (including phenoxy) is 5. The van der Waals surface area contributed by atoms with Crippen LogP contribution in [0.2, 0.25) is 0 Å². The van der Waals surface area contributed by atoms with Gasteiger partial charge in [0.1, 0.15) is 31.2 Å². The van der Waals surface area contributed by atoms with Crippen LogP contribution in [0.15, 0.2) is 11.6 Å². The van der Waals surface area contributed by atoms with Crippen molar-refractivity contribution in [3.8, 4) is 0 Å². The molecular formula is C31H46O10. The number of aliphatic hydroxyl groups excluding tert-OH is 1. The number of aldehydes is 1. The lowest BCUT2D eigenvalue weighted by Crippen LogP contribution is -2.69. The van der Waals surface area contributed by atoms with Crippen molar-refractivity contribution in [3.63, 3.8) is 0 Å². The first-order chi connectivity index (χ1) is 19.5. The second-order valence-corrected chi connectivity index (χ2v) is 13.8. The van der Waals surface area contributed by atoms with E-state index in [1.165, 1.54) is 14.2 Å². The third-order valence-electron chi connectivity index (χ3n) is 12.5. The van der Waals surface area contributed by atoms with E-state index in [0.29, 0.717) is 38.7 Å². The Hall–Kier alpha value is -1.40. The summed E-state index contributed by atoms with van der Waals surface area (Å²) in [6, 6.07) is 0. The highest BCUT2D eigenvalue weighted by atomic mass is 16.7. The average molecular weight is 579 g/mol. The van der Waals surface area contributed by atoms with Gasteiger partial charge in [0, 0.05) is 32.1 Å². The van der Waals surface area contributed by atoms with E-state index in [9.17, 15) is 24.9 Å². The summed E-state index contributed by atoms with van der Waals surface area (Å²) in [5, 5.41) is 35.2. The van der Waals surface area contributed by atoms with Gasteiger partial charge in [-0.15, -0.1) is 0 Å². The molecule has 0 unspecified atom stereocenters. The van der Waals surface area contributed by atoms with Crippen LogP contribution in [0.3, 0.4) is 0 Å². The van der Waals surface area contributed by atoms with Gasteiger partial charge in [-0.1, -0.05) is 6.92 Å². The molecule has 6 rings (SSSR count). The Kier molecular flexibility index (Phi) is 7.49. The van der Waals surface area contributed by atoms with Crippen molar-refractivity contribution in [1.29, 1.82) is 0 Å². The number of carbonyl (C=O) groups is 2. The quantitative estimate of drug-likeness (QED) is 0.244. The SMILES string of the molecule is CO[C@H]1[C@@H](O[C@H]2CC[C@]3(C=O)[C@@H]4CC[C@]5(C)[C@H](C6=CC(=O)OC6)CC[C@]5(O)[C@H]4CC[C@@]3(O)C2)O[C@@H](C)[C@H](O)[C@@H]1OC. The molecule has 0 aromatic rings. The van der Waals surface area contributed by atoms with E-state index >= 15 is 0 Å². The first-order valence-electron chi connectivity index (χ1n) is 15.3. The van der Waals surface area contributed by atoms with Crippen LogP contribution in [0, 0.1) is 28.6 Å². The Bertz CT molecular complexity index is 1080. The number of carbonyl (C=O) groups excluding carboxylic acids is 2. The molecule has 10 heteroatoms. The molecule has 230 valence electrons. The lowest BCUT2D eigenvalue weighted by atomic mass is 9.41. The zero-order valence-corrected chi connectivity index (χ0v) is 24.6. The molecule has 0 bridgehead atoms. The van der Waals surface area contributed by atoms with E-state index in [-0.39, 0.29) is 36.2 Å². The number of cyclic esters (lactones) is 1. The smallest absolute Gasteiger partial charge is 0.331 e. The number of fused-ring (bicyclic) bond motifs is 5. The molecule has 5 fully saturated rings. The first kappa shape index (κ1) is 29.7. The van der Waals surface area contributed by atoms with Crippen LogP contribution in [0.4, 0.5) is 0 Å². The highest BCUT2D eigenvalue weighted by Gasteiger charge is 2.71. The molecule has 6 aliphatic rings. The molecule has 0 aromatic heterocycles. The van der Waals surface area contributed by atoms with Crippen molar-refractivity contribution in [3.05, 3.63) is 11.6 Å². The maximum atomic E-state index is 13.1. The Morgan fingerprint density at radius 2 is 1.73 bits per heavy atom. The number of hydrogen-bond donors (Lipinski definition) is 3. The topological polar surface area (TPSA) is 141 Å². The summed E-state index contributed by atoms with van der Waals surface area (Å²) in [5.74, 6) is -0.499. The third-order valence-corrected chi connectivity index (χ3v) is 12.5. The summed E-state index contributed by atoms with van der Waals surface area (Å²) < 4.78 is 28.7. The van der Waals surface area contributed by atoms with Gasteiger partial charge in [0.25, 0.3) is 0 Å². The third kappa shape index (κ3) is 4.15. The zero-order chi connectivity index (χ0) is 29.4. The van der Waals surface area contributed by atoms with E-state index in [2.05, 4.69) is 6.92 Å². The van der Waals surface area contributed by atoms with Gasteiger partial charge in [-0.3, -0.25) is 0 Å². The highest BCUT2D eigenvalue weighted by Crippen LogP contribution is 2.70. The van der Waals surface area contributed by atoms with E-state index < -0.39 is 52.7 Å². The number of rotatable bonds is 6. The fourth-order valence-corrected chi connectivity index (χ4v) is 10.2. The van der Waals surface area contributed by atoms with E-state index in [1.54, 1.807) is 13.0 Å². The van der Waals surface area contributed by atoms with Gasteiger partial charge < -0.3 is 43.8 Å². The monoisotopic (exact) mass is 578 g/mol. The fourth-order valence-electron chi connectivity index (χ4n) is 10.2. The Morgan fingerprint density at radius 3 is 2.39 bits per heavy atom. The predicted molar refractivity (Wildman–Crippen MR) is 144 cm³/mol. The lowest BCUT2D eigenvalue weighted by Gasteiger charge is -2.65. The van der Waals surface area contributed by atoms with Crippen LogP contribution in [0.1, 0.15) is 71.6 Å². The molecule has 4 saturated carbocycles. The van der Waals surface area contributed by atoms with Gasteiger partial charge in [-0.05, 0) is 81.6 Å². The largest absolute Gasteiger partial charge is 0.458 e. The van der Waals surface area contributed by atoms with E-state index in [4.69, 9.17) is 23.7 Å². The molecule has 0 spiro atoms. The number of esters is 1. The molecular weight excluding hydrogens is 532 g/mol. The summed E-state index contributed by atoms with van der Waals surface area (Å²) in [6.07, 6.45) is 3.93. The first-order valence-corrected chi connectivity index (χ1v) is 15.3. The summed E-state index contributed by atoms with van der Waals surface area (Å²) in [5.41, 5.74) is -2.66. The van der Waals surface area contributed by atoms with Crippen LogP contribution in [-0.2, 0) is 33.3 Å². The predicted octanol–water partition coefficient (Wildman–Crippen LogP) is 2.06. The van der Waals surface area contributed by atoms with Crippen LogP contribution in [0.5, 0.6) is 0 Å². The Balaban J connectivity index is 1.22. The molecule has 3 N–H and O–H groups in total. The highest BCUT2D eigenvalue weighted by molar-refractivity contribution is 5.85. The molecule has 1 saturated heterocycles. The van der Waals surface area contributed by atoms with Crippen molar-refractivity contribution in [2.45, 2.75) is 120 Å². The molecule has 10 nitrogen and oxygen atoms in total. The number of aliphatic hydroxyl groups is 3. The minimum absolute atomic E-state index is 0.0677. The van der Waals surface area contributed by atoms with Crippen LogP contribution in [0.25, 0.3) is 0 Å². The zero-order valence-electron chi connectivity index (χ0n) is 24.6. The molecule has 0 amide bonds. The van der Waals surface area contributed by atoms with Crippen LogP contribution in [-0.4, -0.2) is 96.4 Å². The Labute approximate surface area is 241 Å². The van der Waals surface area contributed by atoms with Crippen molar-refractivity contribution in [2.75, 3.05) is 20.8 Å². The van der Waals surface area contributed by atoms with Crippen molar-refractivity contribution in [2.24, 2.45) is 28.6 Å². The molecule has 13 atom stereocenters. The van der Waals surface area contributed by atoms with Gasteiger partial charge in [0.05, 0.1) is 28.8 Å².